The first-order valence-electron chi connectivity index (χ1n) is 8.31. The average molecular weight is 358 g/mol. The van der Waals surface area contributed by atoms with Crippen LogP contribution in [-0.2, 0) is 16.2 Å². The topological polar surface area (TPSA) is 54.8 Å². The Balaban J connectivity index is 1.65. The quantitative estimate of drug-likeness (QED) is 0.792. The predicted octanol–water partition coefficient (Wildman–Crippen LogP) is 3.67. The second-order valence-electron chi connectivity index (χ2n) is 5.97. The van der Waals surface area contributed by atoms with E-state index in [-0.39, 0.29) is 12.0 Å². The second-order valence-corrected chi connectivity index (χ2v) is 6.41. The lowest BCUT2D eigenvalue weighted by atomic mass is 10.1. The molecule has 130 valence electrons. The molecular weight excluding hydrogens is 338 g/mol. The predicted molar refractivity (Wildman–Crippen MR) is 97.4 cm³/mol. The molecule has 0 fully saturated rings. The molecule has 0 spiro atoms. The van der Waals surface area contributed by atoms with Gasteiger partial charge < -0.3 is 9.74 Å². The highest BCUT2D eigenvalue weighted by atomic mass is 35.5. The fourth-order valence-electron chi connectivity index (χ4n) is 2.81. The van der Waals surface area contributed by atoms with Gasteiger partial charge in [0, 0.05) is 42.4 Å². The Kier molecular flexibility index (Phi) is 5.66. The number of aromatic nitrogens is 1. The van der Waals surface area contributed by atoms with Crippen LogP contribution >= 0.6 is 11.6 Å². The molecule has 0 radical (unpaired) electrons. The molecule has 0 saturated carbocycles. The van der Waals surface area contributed by atoms with Gasteiger partial charge in [0.2, 0.25) is 5.91 Å². The number of amides is 1. The highest BCUT2D eigenvalue weighted by Gasteiger charge is 2.26. The van der Waals surface area contributed by atoms with Gasteiger partial charge in [-0.15, -0.1) is 0 Å². The molecule has 0 bridgehead atoms. The van der Waals surface area contributed by atoms with Gasteiger partial charge in [-0.1, -0.05) is 35.8 Å². The van der Waals surface area contributed by atoms with Crippen LogP contribution in [0, 0.1) is 0 Å². The van der Waals surface area contributed by atoms with Crippen LogP contribution < -0.4 is 0 Å². The van der Waals surface area contributed by atoms with E-state index < -0.39 is 0 Å². The zero-order valence-electron chi connectivity index (χ0n) is 14.1. The number of halogens is 1. The van der Waals surface area contributed by atoms with E-state index in [0.717, 1.165) is 16.8 Å². The van der Waals surface area contributed by atoms with Gasteiger partial charge >= 0.3 is 0 Å². The molecule has 0 N–H and O–H groups in total. The Hall–Kier alpha value is -2.40. The van der Waals surface area contributed by atoms with Gasteiger partial charge in [0.1, 0.15) is 0 Å². The molecule has 25 heavy (non-hydrogen) atoms. The lowest BCUT2D eigenvalue weighted by molar-refractivity contribution is -0.133. The summed E-state index contributed by atoms with van der Waals surface area (Å²) >= 11 is 6.05. The van der Waals surface area contributed by atoms with Crippen LogP contribution in [0.3, 0.4) is 0 Å². The Morgan fingerprint density at radius 3 is 2.96 bits per heavy atom. The van der Waals surface area contributed by atoms with Gasteiger partial charge in [0.05, 0.1) is 12.3 Å². The van der Waals surface area contributed by atoms with Crippen LogP contribution in [0.4, 0.5) is 0 Å². The third kappa shape index (κ3) is 4.57. The fraction of sp³-hybridized carbons (Fsp3) is 0.316. The summed E-state index contributed by atoms with van der Waals surface area (Å²) in [6.45, 7) is 2.86. The first kappa shape index (κ1) is 17.4. The van der Waals surface area contributed by atoms with Crippen molar-refractivity contribution in [2.75, 3.05) is 6.54 Å². The molecule has 1 amide bonds. The van der Waals surface area contributed by atoms with Gasteiger partial charge in [-0.2, -0.15) is 0 Å². The van der Waals surface area contributed by atoms with E-state index in [1.807, 2.05) is 43.3 Å². The molecule has 1 aromatic heterocycles. The van der Waals surface area contributed by atoms with E-state index in [0.29, 0.717) is 31.0 Å². The number of hydrogen-bond donors (Lipinski definition) is 0. The van der Waals surface area contributed by atoms with Gasteiger partial charge in [0.25, 0.3) is 0 Å². The lowest BCUT2D eigenvalue weighted by Crippen LogP contribution is -2.36. The van der Waals surface area contributed by atoms with E-state index >= 15 is 0 Å². The van der Waals surface area contributed by atoms with E-state index in [1.54, 1.807) is 17.3 Å². The van der Waals surface area contributed by atoms with Crippen molar-refractivity contribution in [2.45, 2.75) is 32.4 Å². The minimum absolute atomic E-state index is 0.0819. The average Bonchev–Trinajstić information content (AvgIpc) is 3.10. The van der Waals surface area contributed by atoms with Gasteiger partial charge in [-0.05, 0) is 29.8 Å². The van der Waals surface area contributed by atoms with Crippen LogP contribution in [0.15, 0.2) is 53.9 Å². The number of benzene rings is 1. The minimum atomic E-state index is -0.148. The first-order valence-corrected chi connectivity index (χ1v) is 8.69. The molecular formula is C19H20ClN3O2. The van der Waals surface area contributed by atoms with Crippen molar-refractivity contribution in [3.63, 3.8) is 0 Å². The van der Waals surface area contributed by atoms with Gasteiger partial charge in [-0.3, -0.25) is 9.78 Å². The van der Waals surface area contributed by atoms with E-state index in [1.165, 1.54) is 0 Å². The van der Waals surface area contributed by atoms with Crippen LogP contribution in [0.2, 0.25) is 5.02 Å². The molecule has 0 saturated heterocycles. The molecule has 1 atom stereocenters. The summed E-state index contributed by atoms with van der Waals surface area (Å²) in [7, 11) is 0. The Bertz CT molecular complexity index is 764. The minimum Gasteiger partial charge on any atom is -0.390 e. The summed E-state index contributed by atoms with van der Waals surface area (Å²) < 4.78 is 0. The third-order valence-electron chi connectivity index (χ3n) is 4.07. The van der Waals surface area contributed by atoms with Crippen molar-refractivity contribution in [2.24, 2.45) is 5.16 Å². The highest BCUT2D eigenvalue weighted by molar-refractivity contribution is 6.30. The Morgan fingerprint density at radius 2 is 2.24 bits per heavy atom. The van der Waals surface area contributed by atoms with Crippen LogP contribution in [0.5, 0.6) is 0 Å². The van der Waals surface area contributed by atoms with Crippen molar-refractivity contribution in [1.29, 1.82) is 0 Å². The lowest BCUT2D eigenvalue weighted by Gasteiger charge is -2.24. The standard InChI is InChI=1S/C19H20ClN3O2/c1-2-19(24)23(12-14-5-3-7-16(20)9-14)13-17-10-18(22-25-17)15-6-4-8-21-11-15/h3-9,11,17H,2,10,12-13H2,1H3. The van der Waals surface area contributed by atoms with E-state index in [2.05, 4.69) is 10.1 Å². The van der Waals surface area contributed by atoms with E-state index in [4.69, 9.17) is 16.4 Å². The monoisotopic (exact) mass is 357 g/mol. The molecule has 1 aromatic carbocycles. The van der Waals surface area contributed by atoms with Crippen molar-refractivity contribution < 1.29 is 9.63 Å². The molecule has 1 unspecified atom stereocenters. The number of rotatable bonds is 6. The summed E-state index contributed by atoms with van der Waals surface area (Å²) in [5, 5.41) is 4.83. The Morgan fingerprint density at radius 1 is 1.36 bits per heavy atom. The third-order valence-corrected chi connectivity index (χ3v) is 4.30. The number of hydrogen-bond acceptors (Lipinski definition) is 4. The van der Waals surface area contributed by atoms with E-state index in [9.17, 15) is 4.79 Å². The summed E-state index contributed by atoms with van der Waals surface area (Å²) in [5.41, 5.74) is 2.82. The van der Waals surface area contributed by atoms with Gasteiger partial charge in [0.15, 0.2) is 6.10 Å². The highest BCUT2D eigenvalue weighted by Crippen LogP contribution is 2.19. The number of oxime groups is 1. The zero-order valence-corrected chi connectivity index (χ0v) is 14.8. The van der Waals surface area contributed by atoms with Crippen LogP contribution in [-0.4, -0.2) is 34.2 Å². The molecule has 2 heterocycles. The normalized spacial score (nSPS) is 16.2. The number of pyridine rings is 1. The summed E-state index contributed by atoms with van der Waals surface area (Å²) in [6.07, 6.45) is 4.46. The molecule has 0 aliphatic carbocycles. The zero-order chi connectivity index (χ0) is 17.6. The number of nitrogens with zero attached hydrogens (tertiary/aromatic N) is 3. The molecule has 6 heteroatoms. The maximum Gasteiger partial charge on any atom is 0.222 e. The SMILES string of the molecule is CCC(=O)N(Cc1cccc(Cl)c1)CC1CC(c2cccnc2)=NO1. The molecule has 2 aromatic rings. The smallest absolute Gasteiger partial charge is 0.222 e. The number of carbonyl (C=O) groups excluding carboxylic acids is 1. The summed E-state index contributed by atoms with van der Waals surface area (Å²) in [5.74, 6) is 0.0819. The van der Waals surface area contributed by atoms with Crippen molar-refractivity contribution in [3.05, 3.63) is 64.9 Å². The molecule has 5 nitrogen and oxygen atoms in total. The first-order chi connectivity index (χ1) is 12.2. The Labute approximate surface area is 152 Å². The summed E-state index contributed by atoms with van der Waals surface area (Å²) in [6, 6.07) is 11.4. The second kappa shape index (κ2) is 8.12. The number of carbonyl (C=O) groups is 1. The van der Waals surface area contributed by atoms with Crippen molar-refractivity contribution in [1.82, 2.24) is 9.88 Å². The van der Waals surface area contributed by atoms with Crippen molar-refractivity contribution in [3.8, 4) is 0 Å². The molecule has 1 aliphatic rings. The van der Waals surface area contributed by atoms with Crippen LogP contribution in [0.25, 0.3) is 0 Å². The van der Waals surface area contributed by atoms with Gasteiger partial charge in [-0.25, -0.2) is 0 Å². The molecule has 1 aliphatic heterocycles. The fourth-order valence-corrected chi connectivity index (χ4v) is 3.02. The van der Waals surface area contributed by atoms with Crippen molar-refractivity contribution >= 4 is 23.2 Å². The maximum absolute atomic E-state index is 12.3. The van der Waals surface area contributed by atoms with Crippen LogP contribution in [0.1, 0.15) is 30.9 Å². The maximum atomic E-state index is 12.3. The molecule has 3 rings (SSSR count). The largest absolute Gasteiger partial charge is 0.390 e. The summed E-state index contributed by atoms with van der Waals surface area (Å²) in [4.78, 5) is 23.8.